The molecular formula is C17H19NO2S. The van der Waals surface area contributed by atoms with Gasteiger partial charge in [-0.05, 0) is 36.5 Å². The monoisotopic (exact) mass is 301 g/mol. The second kappa shape index (κ2) is 5.90. The molecule has 0 saturated heterocycles. The number of rotatable bonds is 3. The molecule has 1 aliphatic rings. The highest BCUT2D eigenvalue weighted by molar-refractivity contribution is 7.92. The fourth-order valence-electron chi connectivity index (χ4n) is 2.81. The van der Waals surface area contributed by atoms with Gasteiger partial charge in [-0.1, -0.05) is 48.5 Å². The van der Waals surface area contributed by atoms with E-state index in [1.807, 2.05) is 54.6 Å². The molecule has 2 aromatic rings. The van der Waals surface area contributed by atoms with E-state index in [0.29, 0.717) is 6.54 Å². The highest BCUT2D eigenvalue weighted by atomic mass is 32.2. The van der Waals surface area contributed by atoms with E-state index in [2.05, 4.69) is 0 Å². The number of hydrogen-bond donors (Lipinski definition) is 0. The molecule has 0 saturated carbocycles. The molecule has 0 bridgehead atoms. The summed E-state index contributed by atoms with van der Waals surface area (Å²) in [5.41, 5.74) is 2.82. The van der Waals surface area contributed by atoms with Crippen molar-refractivity contribution in [2.75, 3.05) is 10.8 Å². The second-order valence-corrected chi connectivity index (χ2v) is 7.29. The topological polar surface area (TPSA) is 37.4 Å². The average molecular weight is 301 g/mol. The van der Waals surface area contributed by atoms with Gasteiger partial charge in [0.15, 0.2) is 0 Å². The molecule has 0 aromatic heterocycles. The van der Waals surface area contributed by atoms with Crippen LogP contribution in [0.15, 0.2) is 54.6 Å². The maximum Gasteiger partial charge on any atom is 0.239 e. The van der Waals surface area contributed by atoms with Gasteiger partial charge in [-0.15, -0.1) is 0 Å². The zero-order valence-electron chi connectivity index (χ0n) is 11.9. The molecule has 0 unspecified atom stereocenters. The van der Waals surface area contributed by atoms with Crippen LogP contribution in [0.1, 0.15) is 24.0 Å². The molecule has 0 spiro atoms. The van der Waals surface area contributed by atoms with Crippen LogP contribution in [-0.2, 0) is 22.2 Å². The van der Waals surface area contributed by atoms with Gasteiger partial charge >= 0.3 is 0 Å². The Balaban J connectivity index is 1.95. The molecule has 1 aliphatic heterocycles. The number of anilines is 1. The Morgan fingerprint density at radius 3 is 2.43 bits per heavy atom. The van der Waals surface area contributed by atoms with Crippen molar-refractivity contribution in [1.82, 2.24) is 0 Å². The standard InChI is InChI=1S/C17H19NO2S/c19-21(20,14-15-8-2-1-3-9-15)18-13-7-6-11-16-10-4-5-12-17(16)18/h1-5,8-10,12H,6-7,11,13-14H2. The van der Waals surface area contributed by atoms with Crippen LogP contribution < -0.4 is 4.31 Å². The van der Waals surface area contributed by atoms with E-state index >= 15 is 0 Å². The maximum absolute atomic E-state index is 12.8. The quantitative estimate of drug-likeness (QED) is 0.871. The molecule has 4 heteroatoms. The van der Waals surface area contributed by atoms with E-state index in [1.165, 1.54) is 0 Å². The van der Waals surface area contributed by atoms with Crippen molar-refractivity contribution in [2.45, 2.75) is 25.0 Å². The Bertz CT molecular complexity index is 711. The van der Waals surface area contributed by atoms with E-state index in [9.17, 15) is 8.42 Å². The van der Waals surface area contributed by atoms with Crippen LogP contribution in [-0.4, -0.2) is 15.0 Å². The smallest absolute Gasteiger partial charge is 0.239 e. The molecule has 0 aliphatic carbocycles. The number of aryl methyl sites for hydroxylation is 1. The first-order chi connectivity index (χ1) is 10.2. The second-order valence-electron chi connectivity index (χ2n) is 5.40. The fraction of sp³-hybridized carbons (Fsp3) is 0.294. The van der Waals surface area contributed by atoms with Crippen molar-refractivity contribution < 1.29 is 8.42 Å². The van der Waals surface area contributed by atoms with Crippen molar-refractivity contribution in [3.8, 4) is 0 Å². The molecule has 1 heterocycles. The Morgan fingerprint density at radius 1 is 0.905 bits per heavy atom. The summed E-state index contributed by atoms with van der Waals surface area (Å²) in [7, 11) is -3.34. The molecule has 0 radical (unpaired) electrons. The molecular weight excluding hydrogens is 282 g/mol. The number of nitrogens with zero attached hydrogens (tertiary/aromatic N) is 1. The third-order valence-electron chi connectivity index (χ3n) is 3.85. The zero-order valence-corrected chi connectivity index (χ0v) is 12.7. The predicted octanol–water partition coefficient (Wildman–Crippen LogP) is 3.36. The SMILES string of the molecule is O=S(=O)(Cc1ccccc1)N1CCCCc2ccccc21. The van der Waals surface area contributed by atoms with Crippen LogP contribution in [0.3, 0.4) is 0 Å². The first-order valence-electron chi connectivity index (χ1n) is 7.29. The Labute approximate surface area is 126 Å². The first kappa shape index (κ1) is 14.1. The Hall–Kier alpha value is -1.81. The van der Waals surface area contributed by atoms with Gasteiger partial charge in [0.2, 0.25) is 10.0 Å². The van der Waals surface area contributed by atoms with Gasteiger partial charge in [-0.3, -0.25) is 4.31 Å². The van der Waals surface area contributed by atoms with Crippen LogP contribution in [0.25, 0.3) is 0 Å². The lowest BCUT2D eigenvalue weighted by Gasteiger charge is -2.24. The van der Waals surface area contributed by atoms with Crippen LogP contribution >= 0.6 is 0 Å². The summed E-state index contributed by atoms with van der Waals surface area (Å²) in [5, 5.41) is 0. The summed E-state index contributed by atoms with van der Waals surface area (Å²) in [6.07, 6.45) is 2.89. The molecule has 110 valence electrons. The minimum absolute atomic E-state index is 0.0577. The molecule has 0 atom stereocenters. The van der Waals surface area contributed by atoms with Gasteiger partial charge in [0.1, 0.15) is 0 Å². The Morgan fingerprint density at radius 2 is 1.62 bits per heavy atom. The van der Waals surface area contributed by atoms with Gasteiger partial charge in [0.25, 0.3) is 0 Å². The van der Waals surface area contributed by atoms with Crippen LogP contribution in [0, 0.1) is 0 Å². The van der Waals surface area contributed by atoms with E-state index in [1.54, 1.807) is 4.31 Å². The molecule has 21 heavy (non-hydrogen) atoms. The number of sulfonamides is 1. The molecule has 2 aromatic carbocycles. The zero-order chi connectivity index (χ0) is 14.7. The van der Waals surface area contributed by atoms with Gasteiger partial charge in [-0.2, -0.15) is 0 Å². The molecule has 3 rings (SSSR count). The summed E-state index contributed by atoms with van der Waals surface area (Å²) in [6, 6.07) is 17.2. The molecule has 0 amide bonds. The number of hydrogen-bond acceptors (Lipinski definition) is 2. The van der Waals surface area contributed by atoms with Crippen LogP contribution in [0.4, 0.5) is 5.69 Å². The lowest BCUT2D eigenvalue weighted by molar-refractivity contribution is 0.588. The number of fused-ring (bicyclic) bond motifs is 1. The summed E-state index contributed by atoms with van der Waals surface area (Å²) >= 11 is 0. The van der Waals surface area contributed by atoms with Crippen LogP contribution in [0.5, 0.6) is 0 Å². The minimum Gasteiger partial charge on any atom is -0.270 e. The van der Waals surface area contributed by atoms with Crippen molar-refractivity contribution >= 4 is 15.7 Å². The first-order valence-corrected chi connectivity index (χ1v) is 8.90. The van der Waals surface area contributed by atoms with Gasteiger partial charge in [-0.25, -0.2) is 8.42 Å². The van der Waals surface area contributed by atoms with Crippen molar-refractivity contribution in [3.63, 3.8) is 0 Å². The molecule has 3 nitrogen and oxygen atoms in total. The van der Waals surface area contributed by atoms with E-state index in [4.69, 9.17) is 0 Å². The lowest BCUT2D eigenvalue weighted by atomic mass is 10.1. The van der Waals surface area contributed by atoms with Gasteiger partial charge < -0.3 is 0 Å². The van der Waals surface area contributed by atoms with Crippen molar-refractivity contribution in [1.29, 1.82) is 0 Å². The van der Waals surface area contributed by atoms with Crippen LogP contribution in [0.2, 0.25) is 0 Å². The maximum atomic E-state index is 12.8. The van der Waals surface area contributed by atoms with Gasteiger partial charge in [0, 0.05) is 6.54 Å². The fourth-order valence-corrected chi connectivity index (χ4v) is 4.46. The lowest BCUT2D eigenvalue weighted by Crippen LogP contribution is -2.32. The van der Waals surface area contributed by atoms with E-state index in [0.717, 1.165) is 36.1 Å². The van der Waals surface area contributed by atoms with Gasteiger partial charge in [0.05, 0.1) is 11.4 Å². The Kier molecular flexibility index (Phi) is 3.97. The van der Waals surface area contributed by atoms with E-state index < -0.39 is 10.0 Å². The summed E-state index contributed by atoms with van der Waals surface area (Å²) in [4.78, 5) is 0. The third-order valence-corrected chi connectivity index (χ3v) is 5.59. The van der Waals surface area contributed by atoms with Crippen molar-refractivity contribution in [3.05, 3.63) is 65.7 Å². The predicted molar refractivity (Wildman–Crippen MR) is 85.8 cm³/mol. The van der Waals surface area contributed by atoms with Crippen molar-refractivity contribution in [2.24, 2.45) is 0 Å². The largest absolute Gasteiger partial charge is 0.270 e. The van der Waals surface area contributed by atoms with E-state index in [-0.39, 0.29) is 5.75 Å². The molecule has 0 fully saturated rings. The highest BCUT2D eigenvalue weighted by Crippen LogP contribution is 2.29. The normalized spacial score (nSPS) is 15.3. The summed E-state index contributed by atoms with van der Waals surface area (Å²) < 4.78 is 27.2. The summed E-state index contributed by atoms with van der Waals surface area (Å²) in [6.45, 7) is 0.576. The average Bonchev–Trinajstić information content (AvgIpc) is 2.70. The minimum atomic E-state index is -3.34. The highest BCUT2D eigenvalue weighted by Gasteiger charge is 2.26. The number of benzene rings is 2. The summed E-state index contributed by atoms with van der Waals surface area (Å²) in [5.74, 6) is 0.0577. The number of para-hydroxylation sites is 1. The third kappa shape index (κ3) is 3.10. The molecule has 0 N–H and O–H groups in total.